The van der Waals surface area contributed by atoms with Crippen LogP contribution in [0.5, 0.6) is 11.5 Å². The van der Waals surface area contributed by atoms with Crippen LogP contribution in [0.25, 0.3) is 21.6 Å². The number of rotatable bonds is 10. The summed E-state index contributed by atoms with van der Waals surface area (Å²) < 4.78 is 39.8. The summed E-state index contributed by atoms with van der Waals surface area (Å²) in [4.78, 5) is 51.7. The number of halogens is 1. The number of urea groups is 1. The second-order valence-electron chi connectivity index (χ2n) is 13.2. The number of nitrogens with one attached hydrogen (secondary N) is 3. The largest absolute Gasteiger partial charge is 0.495 e. The summed E-state index contributed by atoms with van der Waals surface area (Å²) >= 11 is 8.16. The highest BCUT2D eigenvalue weighted by molar-refractivity contribution is 7.87. The Morgan fingerprint density at radius 2 is 1.98 bits per heavy atom. The number of benzene rings is 1. The molecule has 3 heterocycles. The number of carbonyl (C=O) groups excluding carboxylic acids is 3. The zero-order valence-corrected chi connectivity index (χ0v) is 31.9. The fraction of sp³-hybridized carbons (Fsp3) is 0.500. The molecule has 1 aromatic carbocycles. The van der Waals surface area contributed by atoms with Crippen molar-refractivity contribution in [1.29, 1.82) is 0 Å². The Morgan fingerprint density at radius 3 is 2.67 bits per heavy atom. The van der Waals surface area contributed by atoms with Crippen LogP contribution >= 0.6 is 22.9 Å². The SMILES string of the molecule is COc1ccc2c(OCC[C@@H]3NC(=O)N(C)CCCCC=C[C@@H]4C[C@@]4(C(=O)NS(=O)(=O)N(C)C)NC3=O)cc(-c3nc(C(C)C)cs3)nc2c1Cl. The van der Waals surface area contributed by atoms with Crippen LogP contribution in [0.4, 0.5) is 4.79 Å². The Bertz CT molecular complexity index is 1930. The van der Waals surface area contributed by atoms with Crippen molar-refractivity contribution in [3.63, 3.8) is 0 Å². The van der Waals surface area contributed by atoms with Gasteiger partial charge in [0.2, 0.25) is 5.91 Å². The van der Waals surface area contributed by atoms with Crippen LogP contribution in [0.1, 0.15) is 57.6 Å². The summed E-state index contributed by atoms with van der Waals surface area (Å²) in [5.74, 6) is -0.835. The highest BCUT2D eigenvalue weighted by Gasteiger charge is 2.61. The summed E-state index contributed by atoms with van der Waals surface area (Å²) in [6.45, 7) is 4.56. The van der Waals surface area contributed by atoms with Crippen LogP contribution in [0.15, 0.2) is 35.7 Å². The number of nitrogens with zero attached hydrogens (tertiary/aromatic N) is 4. The fourth-order valence-electron chi connectivity index (χ4n) is 5.64. The average Bonchev–Trinajstić information content (AvgIpc) is 3.53. The second kappa shape index (κ2) is 15.7. The Balaban J connectivity index is 1.43. The van der Waals surface area contributed by atoms with Gasteiger partial charge in [0, 0.05) is 56.9 Å². The maximum atomic E-state index is 13.9. The lowest BCUT2D eigenvalue weighted by atomic mass is 10.1. The minimum atomic E-state index is -4.13. The number of fused-ring (bicyclic) bond motifs is 2. The monoisotopic (exact) mass is 761 g/mol. The Hall–Kier alpha value is -3.99. The summed E-state index contributed by atoms with van der Waals surface area (Å²) in [6.07, 6.45) is 6.22. The van der Waals surface area contributed by atoms with E-state index < -0.39 is 45.6 Å². The average molecular weight is 762 g/mol. The number of allylic oxidation sites excluding steroid dienone is 1. The van der Waals surface area contributed by atoms with E-state index in [1.54, 1.807) is 25.2 Å². The molecule has 2 aliphatic rings. The molecule has 17 heteroatoms. The van der Waals surface area contributed by atoms with Crippen LogP contribution in [0.3, 0.4) is 0 Å². The van der Waals surface area contributed by atoms with Gasteiger partial charge in [-0.3, -0.25) is 9.59 Å². The molecule has 5 rings (SSSR count). The van der Waals surface area contributed by atoms with Gasteiger partial charge >= 0.3 is 16.2 Å². The molecule has 1 saturated carbocycles. The molecular formula is C34H44ClN7O7S2. The number of hydrogen-bond donors (Lipinski definition) is 3. The van der Waals surface area contributed by atoms with E-state index >= 15 is 0 Å². The van der Waals surface area contributed by atoms with Gasteiger partial charge in [0.05, 0.1) is 24.9 Å². The highest BCUT2D eigenvalue weighted by Crippen LogP contribution is 2.45. The molecule has 0 unspecified atom stereocenters. The molecule has 0 saturated heterocycles. The topological polar surface area (TPSA) is 172 Å². The molecule has 3 aromatic rings. The van der Waals surface area contributed by atoms with Crippen molar-refractivity contribution in [1.82, 2.24) is 34.5 Å². The Labute approximate surface area is 307 Å². The number of methoxy groups -OCH3 is 1. The third-order valence-electron chi connectivity index (χ3n) is 8.98. The predicted molar refractivity (Wildman–Crippen MR) is 196 cm³/mol. The summed E-state index contributed by atoms with van der Waals surface area (Å²) in [6, 6.07) is 3.65. The van der Waals surface area contributed by atoms with Crippen molar-refractivity contribution in [2.45, 2.75) is 63.5 Å². The smallest absolute Gasteiger partial charge is 0.317 e. The molecule has 3 N–H and O–H groups in total. The maximum Gasteiger partial charge on any atom is 0.317 e. The van der Waals surface area contributed by atoms with Gasteiger partial charge in [0.1, 0.15) is 38.8 Å². The molecule has 3 atom stereocenters. The quantitative estimate of drug-likeness (QED) is 0.252. The van der Waals surface area contributed by atoms with Crippen molar-refractivity contribution >= 4 is 61.9 Å². The Kier molecular flexibility index (Phi) is 11.8. The number of hydrogen-bond acceptors (Lipinski definition) is 10. The first kappa shape index (κ1) is 38.2. The first-order valence-electron chi connectivity index (χ1n) is 16.7. The normalized spacial score (nSPS) is 21.5. The molecule has 0 spiro atoms. The minimum absolute atomic E-state index is 0.0113. The number of amides is 4. The van der Waals surface area contributed by atoms with Crippen LogP contribution in [0, 0.1) is 5.92 Å². The van der Waals surface area contributed by atoms with E-state index in [1.807, 2.05) is 17.5 Å². The van der Waals surface area contributed by atoms with Gasteiger partial charge in [-0.2, -0.15) is 12.7 Å². The maximum absolute atomic E-state index is 13.9. The molecule has 14 nitrogen and oxygen atoms in total. The fourth-order valence-corrected chi connectivity index (χ4v) is 7.46. The van der Waals surface area contributed by atoms with E-state index in [0.717, 1.165) is 22.8 Å². The Morgan fingerprint density at radius 1 is 1.22 bits per heavy atom. The number of aromatic nitrogens is 2. The molecule has 0 bridgehead atoms. The van der Waals surface area contributed by atoms with Crippen molar-refractivity contribution in [2.24, 2.45) is 5.92 Å². The highest BCUT2D eigenvalue weighted by atomic mass is 35.5. The molecular weight excluding hydrogens is 718 g/mol. The molecule has 1 fully saturated rings. The molecule has 0 radical (unpaired) electrons. The van der Waals surface area contributed by atoms with Crippen molar-refractivity contribution < 1.29 is 32.3 Å². The number of ether oxygens (including phenoxy) is 2. The van der Waals surface area contributed by atoms with Crippen LogP contribution in [0.2, 0.25) is 5.02 Å². The molecule has 276 valence electrons. The zero-order chi connectivity index (χ0) is 37.1. The molecule has 2 aromatic heterocycles. The van der Waals surface area contributed by atoms with Gasteiger partial charge < -0.3 is 25.0 Å². The van der Waals surface area contributed by atoms with Crippen LogP contribution in [-0.4, -0.2) is 98.4 Å². The third kappa shape index (κ3) is 8.56. The number of carbonyl (C=O) groups is 3. The lowest BCUT2D eigenvalue weighted by Crippen LogP contribution is -2.58. The molecule has 4 amide bonds. The second-order valence-corrected chi connectivity index (χ2v) is 16.3. The summed E-state index contributed by atoms with van der Waals surface area (Å²) in [7, 11) is 1.63. The predicted octanol–water partition coefficient (Wildman–Crippen LogP) is 4.46. The van der Waals surface area contributed by atoms with Crippen molar-refractivity contribution in [3.8, 4) is 22.2 Å². The number of thiazole rings is 1. The molecule has 51 heavy (non-hydrogen) atoms. The summed E-state index contributed by atoms with van der Waals surface area (Å²) in [5, 5.41) is 9.14. The first-order valence-corrected chi connectivity index (χ1v) is 19.4. The standard InChI is InChI=1S/C34H44ClN7O7S2/c1-20(2)25-19-50-31(37-25)24-17-27(22-12-13-26(48-6)28(35)29(22)36-24)49-16-14-23-30(43)39-34(32(44)40-51(46,47)41(3)4)18-21(34)11-9-7-8-10-15-42(5)33(45)38-23/h9,11-13,17,19-21,23H,7-8,10,14-16,18H2,1-6H3,(H,38,45)(H,39,43)(H,40,44)/t21-,23+,34-/m1/s1. The van der Waals surface area contributed by atoms with Gasteiger partial charge in [-0.05, 0) is 43.7 Å². The van der Waals surface area contributed by atoms with Crippen LogP contribution < -0.4 is 24.8 Å². The van der Waals surface area contributed by atoms with E-state index in [9.17, 15) is 22.8 Å². The van der Waals surface area contributed by atoms with E-state index in [1.165, 1.54) is 37.4 Å². The molecule has 1 aliphatic carbocycles. The zero-order valence-electron chi connectivity index (χ0n) is 29.5. The number of pyridine rings is 1. The molecule has 1 aliphatic heterocycles. The lowest BCUT2D eigenvalue weighted by Gasteiger charge is -2.26. The van der Waals surface area contributed by atoms with Crippen molar-refractivity contribution in [3.05, 3.63) is 46.4 Å². The van der Waals surface area contributed by atoms with Gasteiger partial charge in [-0.15, -0.1) is 11.3 Å². The van der Waals surface area contributed by atoms with E-state index in [2.05, 4.69) is 29.2 Å². The summed E-state index contributed by atoms with van der Waals surface area (Å²) in [5.41, 5.74) is 0.411. The van der Waals surface area contributed by atoms with E-state index in [4.69, 9.17) is 31.0 Å². The van der Waals surface area contributed by atoms with E-state index in [-0.39, 0.29) is 25.4 Å². The minimum Gasteiger partial charge on any atom is -0.495 e. The lowest BCUT2D eigenvalue weighted by molar-refractivity contribution is -0.130. The van der Waals surface area contributed by atoms with Crippen LogP contribution in [-0.2, 0) is 19.8 Å². The van der Waals surface area contributed by atoms with Gasteiger partial charge in [0.25, 0.3) is 5.91 Å². The van der Waals surface area contributed by atoms with Gasteiger partial charge in [-0.25, -0.2) is 19.5 Å². The van der Waals surface area contributed by atoms with E-state index in [0.29, 0.717) is 51.1 Å². The first-order chi connectivity index (χ1) is 24.2. The van der Waals surface area contributed by atoms with Crippen molar-refractivity contribution in [2.75, 3.05) is 41.4 Å². The van der Waals surface area contributed by atoms with Gasteiger partial charge in [0.15, 0.2) is 0 Å². The van der Waals surface area contributed by atoms with Gasteiger partial charge in [-0.1, -0.05) is 37.6 Å². The third-order valence-corrected chi connectivity index (χ3v) is 11.6.